The quantitative estimate of drug-likeness (QED) is 0.815. The van der Waals surface area contributed by atoms with Crippen molar-refractivity contribution in [2.75, 3.05) is 21.3 Å². The average Bonchev–Trinajstić information content (AvgIpc) is 2.43. The Hall–Kier alpha value is -2.15. The highest BCUT2D eigenvalue weighted by atomic mass is 16.6. The monoisotopic (exact) mass is 285 g/mol. The summed E-state index contributed by atoms with van der Waals surface area (Å²) < 4.78 is 20.3. The van der Waals surface area contributed by atoms with E-state index in [1.165, 1.54) is 28.3 Å². The van der Waals surface area contributed by atoms with Gasteiger partial charge in [0, 0.05) is 0 Å². The first-order chi connectivity index (χ1) is 9.44. The summed E-state index contributed by atoms with van der Waals surface area (Å²) in [5, 5.41) is 10.2. The molecule has 7 nitrogen and oxygen atoms in total. The third kappa shape index (κ3) is 3.45. The number of carbonyl (C=O) groups excluding carboxylic acids is 1. The SMILES string of the molecule is COc1cc([C@H](O)[C@H](C)OC(N)=O)cc(OC)c1OC. The minimum absolute atomic E-state index is 0.396. The fourth-order valence-corrected chi connectivity index (χ4v) is 1.79. The number of aliphatic hydroxyl groups excluding tert-OH is 1. The van der Waals surface area contributed by atoms with E-state index >= 15 is 0 Å². The molecule has 0 unspecified atom stereocenters. The van der Waals surface area contributed by atoms with Gasteiger partial charge in [-0.05, 0) is 24.6 Å². The number of benzene rings is 1. The Morgan fingerprint density at radius 1 is 1.15 bits per heavy atom. The molecule has 112 valence electrons. The van der Waals surface area contributed by atoms with Crippen LogP contribution < -0.4 is 19.9 Å². The van der Waals surface area contributed by atoms with E-state index < -0.39 is 18.3 Å². The maximum Gasteiger partial charge on any atom is 0.404 e. The molecule has 1 amide bonds. The summed E-state index contributed by atoms with van der Waals surface area (Å²) in [6.07, 6.45) is -2.84. The van der Waals surface area contributed by atoms with E-state index in [9.17, 15) is 9.90 Å². The predicted molar refractivity (Wildman–Crippen MR) is 71.2 cm³/mol. The first kappa shape index (κ1) is 15.9. The van der Waals surface area contributed by atoms with Gasteiger partial charge in [-0.15, -0.1) is 0 Å². The Bertz CT molecular complexity index is 451. The molecule has 1 aromatic rings. The van der Waals surface area contributed by atoms with Crippen molar-refractivity contribution in [1.82, 2.24) is 0 Å². The minimum atomic E-state index is -1.07. The van der Waals surface area contributed by atoms with Gasteiger partial charge >= 0.3 is 6.09 Å². The van der Waals surface area contributed by atoms with Gasteiger partial charge in [-0.1, -0.05) is 0 Å². The van der Waals surface area contributed by atoms with E-state index in [1.807, 2.05) is 0 Å². The van der Waals surface area contributed by atoms with Crippen molar-refractivity contribution in [2.45, 2.75) is 19.1 Å². The molecule has 0 heterocycles. The molecule has 7 heteroatoms. The molecular weight excluding hydrogens is 266 g/mol. The smallest absolute Gasteiger partial charge is 0.404 e. The van der Waals surface area contributed by atoms with E-state index in [0.29, 0.717) is 22.8 Å². The molecule has 20 heavy (non-hydrogen) atoms. The summed E-state index contributed by atoms with van der Waals surface area (Å²) in [4.78, 5) is 10.7. The summed E-state index contributed by atoms with van der Waals surface area (Å²) in [7, 11) is 4.42. The Morgan fingerprint density at radius 3 is 2.00 bits per heavy atom. The first-order valence-corrected chi connectivity index (χ1v) is 5.88. The largest absolute Gasteiger partial charge is 0.493 e. The Labute approximate surface area is 117 Å². The summed E-state index contributed by atoms with van der Waals surface area (Å²) >= 11 is 0. The van der Waals surface area contributed by atoms with Crippen molar-refractivity contribution in [1.29, 1.82) is 0 Å². The van der Waals surface area contributed by atoms with E-state index in [1.54, 1.807) is 12.1 Å². The van der Waals surface area contributed by atoms with E-state index in [0.717, 1.165) is 0 Å². The summed E-state index contributed by atoms with van der Waals surface area (Å²) in [6.45, 7) is 1.53. The van der Waals surface area contributed by atoms with Crippen LogP contribution in [0.4, 0.5) is 4.79 Å². The zero-order valence-corrected chi connectivity index (χ0v) is 11.9. The van der Waals surface area contributed by atoms with Crippen LogP contribution in [0.1, 0.15) is 18.6 Å². The second-order valence-electron chi connectivity index (χ2n) is 4.05. The van der Waals surface area contributed by atoms with Crippen molar-refractivity contribution < 1.29 is 28.8 Å². The van der Waals surface area contributed by atoms with Crippen LogP contribution in [0.3, 0.4) is 0 Å². The lowest BCUT2D eigenvalue weighted by Gasteiger charge is -2.21. The Morgan fingerprint density at radius 2 is 1.65 bits per heavy atom. The normalized spacial score (nSPS) is 13.2. The highest BCUT2D eigenvalue weighted by molar-refractivity contribution is 5.65. The molecular formula is C13H19NO6. The van der Waals surface area contributed by atoms with Crippen LogP contribution in [0.5, 0.6) is 17.2 Å². The molecule has 0 bridgehead atoms. The topological polar surface area (TPSA) is 100 Å². The van der Waals surface area contributed by atoms with Crippen molar-refractivity contribution in [2.24, 2.45) is 5.73 Å². The van der Waals surface area contributed by atoms with Crippen LogP contribution in [0.2, 0.25) is 0 Å². The van der Waals surface area contributed by atoms with Crippen LogP contribution in [0, 0.1) is 0 Å². The zero-order chi connectivity index (χ0) is 15.3. The van der Waals surface area contributed by atoms with Crippen LogP contribution >= 0.6 is 0 Å². The maximum atomic E-state index is 10.7. The first-order valence-electron chi connectivity index (χ1n) is 5.88. The van der Waals surface area contributed by atoms with Gasteiger partial charge in [0.25, 0.3) is 0 Å². The number of aliphatic hydroxyl groups is 1. The highest BCUT2D eigenvalue weighted by Crippen LogP contribution is 2.40. The molecule has 0 spiro atoms. The molecule has 0 aliphatic heterocycles. The van der Waals surface area contributed by atoms with Gasteiger partial charge in [0.05, 0.1) is 21.3 Å². The van der Waals surface area contributed by atoms with Gasteiger partial charge in [-0.25, -0.2) is 4.79 Å². The molecule has 0 fully saturated rings. The molecule has 3 N–H and O–H groups in total. The third-order valence-electron chi connectivity index (χ3n) is 2.78. The fraction of sp³-hybridized carbons (Fsp3) is 0.462. The van der Waals surface area contributed by atoms with E-state index in [4.69, 9.17) is 24.7 Å². The van der Waals surface area contributed by atoms with Gasteiger partial charge in [-0.2, -0.15) is 0 Å². The van der Waals surface area contributed by atoms with Crippen molar-refractivity contribution >= 4 is 6.09 Å². The number of primary amides is 1. The molecule has 1 aromatic carbocycles. The molecule has 1 rings (SSSR count). The highest BCUT2D eigenvalue weighted by Gasteiger charge is 2.23. The lowest BCUT2D eigenvalue weighted by molar-refractivity contribution is 0.0156. The second-order valence-corrected chi connectivity index (χ2v) is 4.05. The Kier molecular flexibility index (Phi) is 5.45. The number of rotatable bonds is 6. The van der Waals surface area contributed by atoms with Crippen LogP contribution in [0.25, 0.3) is 0 Å². The average molecular weight is 285 g/mol. The number of ether oxygens (including phenoxy) is 4. The van der Waals surface area contributed by atoms with E-state index in [-0.39, 0.29) is 0 Å². The van der Waals surface area contributed by atoms with Crippen LogP contribution in [0.15, 0.2) is 12.1 Å². The minimum Gasteiger partial charge on any atom is -0.493 e. The fourth-order valence-electron chi connectivity index (χ4n) is 1.79. The van der Waals surface area contributed by atoms with Gasteiger partial charge in [0.2, 0.25) is 5.75 Å². The zero-order valence-electron chi connectivity index (χ0n) is 11.9. The van der Waals surface area contributed by atoms with Crippen molar-refractivity contribution in [3.8, 4) is 17.2 Å². The molecule has 2 atom stereocenters. The van der Waals surface area contributed by atoms with Crippen molar-refractivity contribution in [3.05, 3.63) is 17.7 Å². The number of nitrogens with two attached hydrogens (primary N) is 1. The number of carbonyl (C=O) groups is 1. The summed E-state index contributed by atoms with van der Waals surface area (Å²) in [5.41, 5.74) is 5.38. The number of hydrogen-bond acceptors (Lipinski definition) is 6. The van der Waals surface area contributed by atoms with E-state index in [2.05, 4.69) is 0 Å². The maximum absolute atomic E-state index is 10.7. The number of methoxy groups -OCH3 is 3. The second kappa shape index (κ2) is 6.85. The van der Waals surface area contributed by atoms with Gasteiger partial charge < -0.3 is 29.8 Å². The van der Waals surface area contributed by atoms with Gasteiger partial charge in [0.1, 0.15) is 12.2 Å². The Balaban J connectivity index is 3.15. The lowest BCUT2D eigenvalue weighted by Crippen LogP contribution is -2.25. The standard InChI is InChI=1S/C13H19NO6/c1-7(20-13(14)16)11(15)8-5-9(17-2)12(19-4)10(6-8)18-3/h5-7,11,15H,1-4H3,(H2,14,16)/t7-,11+/m0/s1. The van der Waals surface area contributed by atoms with Crippen molar-refractivity contribution in [3.63, 3.8) is 0 Å². The number of hydrogen-bond donors (Lipinski definition) is 2. The van der Waals surface area contributed by atoms with Gasteiger partial charge in [-0.3, -0.25) is 0 Å². The molecule has 0 radical (unpaired) electrons. The predicted octanol–water partition coefficient (Wildman–Crippen LogP) is 1.23. The summed E-state index contributed by atoms with van der Waals surface area (Å²) in [5.74, 6) is 1.20. The summed E-state index contributed by atoms with van der Waals surface area (Å²) in [6, 6.07) is 3.15. The van der Waals surface area contributed by atoms with Crippen LogP contribution in [-0.2, 0) is 4.74 Å². The van der Waals surface area contributed by atoms with Crippen LogP contribution in [-0.4, -0.2) is 38.6 Å². The lowest BCUT2D eigenvalue weighted by atomic mass is 10.0. The van der Waals surface area contributed by atoms with Gasteiger partial charge in [0.15, 0.2) is 11.5 Å². The molecule has 0 aliphatic rings. The molecule has 0 aromatic heterocycles. The molecule has 0 aliphatic carbocycles. The number of amides is 1. The third-order valence-corrected chi connectivity index (χ3v) is 2.78. The molecule has 0 saturated carbocycles. The molecule has 0 saturated heterocycles.